The van der Waals surface area contributed by atoms with Gasteiger partial charge in [0.1, 0.15) is 11.9 Å². The van der Waals surface area contributed by atoms with Gasteiger partial charge in [0.25, 0.3) is 5.91 Å². The van der Waals surface area contributed by atoms with Crippen LogP contribution in [0.4, 0.5) is 5.82 Å². The topological polar surface area (TPSA) is 62.3 Å². The van der Waals surface area contributed by atoms with Crippen molar-refractivity contribution < 1.29 is 9.59 Å². The van der Waals surface area contributed by atoms with Gasteiger partial charge in [-0.05, 0) is 36.6 Å². The number of anilines is 1. The van der Waals surface area contributed by atoms with Crippen LogP contribution < -0.4 is 5.32 Å². The van der Waals surface area contributed by atoms with Crippen LogP contribution >= 0.6 is 0 Å². The molecule has 1 aromatic heterocycles. The Morgan fingerprint density at radius 1 is 1.17 bits per heavy atom. The molecule has 0 unspecified atom stereocenters. The zero-order valence-electron chi connectivity index (χ0n) is 14.1. The molecule has 1 aliphatic rings. The van der Waals surface area contributed by atoms with Crippen molar-refractivity contribution in [3.63, 3.8) is 0 Å². The highest BCUT2D eigenvalue weighted by molar-refractivity contribution is 6.03. The second-order valence-electron chi connectivity index (χ2n) is 6.43. The molecule has 1 atom stereocenters. The van der Waals surface area contributed by atoms with Crippen LogP contribution in [0, 0.1) is 12.8 Å². The summed E-state index contributed by atoms with van der Waals surface area (Å²) in [5.41, 5.74) is 2.48. The molecule has 2 aromatic rings. The monoisotopic (exact) mass is 323 g/mol. The van der Waals surface area contributed by atoms with Gasteiger partial charge in [0, 0.05) is 17.8 Å². The summed E-state index contributed by atoms with van der Waals surface area (Å²) in [4.78, 5) is 31.4. The number of rotatable bonds is 4. The molecule has 0 saturated carbocycles. The number of fused-ring (bicyclic) bond motifs is 1. The van der Waals surface area contributed by atoms with Crippen LogP contribution in [0.3, 0.4) is 0 Å². The summed E-state index contributed by atoms with van der Waals surface area (Å²) in [7, 11) is 0. The Labute approximate surface area is 141 Å². The number of hydrogen-bond donors (Lipinski definition) is 1. The van der Waals surface area contributed by atoms with Gasteiger partial charge in [-0.1, -0.05) is 38.1 Å². The second-order valence-corrected chi connectivity index (χ2v) is 6.43. The first-order valence-electron chi connectivity index (χ1n) is 8.11. The molecule has 2 amide bonds. The first-order chi connectivity index (χ1) is 11.5. The number of hydrogen-bond acceptors (Lipinski definition) is 3. The maximum Gasteiger partial charge on any atom is 0.255 e. The maximum atomic E-state index is 12.8. The fraction of sp³-hybridized carbons (Fsp3) is 0.316. The smallest absolute Gasteiger partial charge is 0.255 e. The zero-order chi connectivity index (χ0) is 17.3. The van der Waals surface area contributed by atoms with E-state index >= 15 is 0 Å². The number of carbonyl (C=O) groups excluding carboxylic acids is 2. The normalized spacial score (nSPS) is 14.7. The summed E-state index contributed by atoms with van der Waals surface area (Å²) in [5.74, 6) is 0.212. The van der Waals surface area contributed by atoms with Crippen molar-refractivity contribution in [3.8, 4) is 0 Å². The van der Waals surface area contributed by atoms with Crippen LogP contribution in [-0.4, -0.2) is 27.7 Å². The highest BCUT2D eigenvalue weighted by Gasteiger charge is 2.37. The second kappa shape index (κ2) is 6.43. The maximum absolute atomic E-state index is 12.8. The quantitative estimate of drug-likeness (QED) is 0.941. The predicted octanol–water partition coefficient (Wildman–Crippen LogP) is 3.01. The molecular formula is C19H21N3O2. The Balaban J connectivity index is 1.83. The molecular weight excluding hydrogens is 302 g/mol. The predicted molar refractivity (Wildman–Crippen MR) is 92.5 cm³/mol. The van der Waals surface area contributed by atoms with Gasteiger partial charge in [-0.2, -0.15) is 0 Å². The number of carbonyl (C=O) groups is 2. The van der Waals surface area contributed by atoms with Crippen LogP contribution in [0.25, 0.3) is 0 Å². The standard InChI is InChI=1S/C19H21N3O2/c1-12(2)17(18(23)21-16-10-6-7-13(3)20-16)22-11-14-8-4-5-9-15(14)19(22)24/h4-10,12,17H,11H2,1-3H3,(H,20,21,23)/t17-/m1/s1. The fourth-order valence-corrected chi connectivity index (χ4v) is 3.12. The Morgan fingerprint density at radius 2 is 1.92 bits per heavy atom. The molecule has 3 rings (SSSR count). The molecule has 0 aliphatic carbocycles. The minimum atomic E-state index is -0.535. The van der Waals surface area contributed by atoms with E-state index in [-0.39, 0.29) is 17.7 Å². The van der Waals surface area contributed by atoms with Crippen molar-refractivity contribution >= 4 is 17.6 Å². The molecule has 2 heterocycles. The lowest BCUT2D eigenvalue weighted by atomic mass is 10.0. The molecule has 24 heavy (non-hydrogen) atoms. The van der Waals surface area contributed by atoms with Crippen molar-refractivity contribution in [1.82, 2.24) is 9.88 Å². The van der Waals surface area contributed by atoms with Crippen molar-refractivity contribution in [3.05, 3.63) is 59.3 Å². The van der Waals surface area contributed by atoms with Crippen molar-refractivity contribution in [2.24, 2.45) is 5.92 Å². The largest absolute Gasteiger partial charge is 0.322 e. The van der Waals surface area contributed by atoms with Crippen LogP contribution in [0.15, 0.2) is 42.5 Å². The van der Waals surface area contributed by atoms with Crippen molar-refractivity contribution in [2.45, 2.75) is 33.4 Å². The van der Waals surface area contributed by atoms with E-state index in [2.05, 4.69) is 10.3 Å². The van der Waals surface area contributed by atoms with E-state index < -0.39 is 6.04 Å². The fourth-order valence-electron chi connectivity index (χ4n) is 3.12. The van der Waals surface area contributed by atoms with E-state index in [1.54, 1.807) is 11.0 Å². The molecule has 1 N–H and O–H groups in total. The highest BCUT2D eigenvalue weighted by atomic mass is 16.2. The molecule has 5 nitrogen and oxygen atoms in total. The molecule has 0 spiro atoms. The summed E-state index contributed by atoms with van der Waals surface area (Å²) in [6.45, 7) is 6.23. The summed E-state index contributed by atoms with van der Waals surface area (Å²) in [5, 5.41) is 2.84. The lowest BCUT2D eigenvalue weighted by molar-refractivity contribution is -0.122. The number of benzene rings is 1. The summed E-state index contributed by atoms with van der Waals surface area (Å²) in [6.07, 6.45) is 0. The van der Waals surface area contributed by atoms with E-state index in [0.717, 1.165) is 11.3 Å². The van der Waals surface area contributed by atoms with E-state index in [1.807, 2.05) is 57.2 Å². The first kappa shape index (κ1) is 16.2. The third-order valence-corrected chi connectivity index (χ3v) is 4.22. The lowest BCUT2D eigenvalue weighted by Gasteiger charge is -2.29. The minimum Gasteiger partial charge on any atom is -0.322 e. The van der Waals surface area contributed by atoms with Gasteiger partial charge in [0.05, 0.1) is 0 Å². The highest BCUT2D eigenvalue weighted by Crippen LogP contribution is 2.27. The van der Waals surface area contributed by atoms with Crippen LogP contribution in [-0.2, 0) is 11.3 Å². The number of amides is 2. The van der Waals surface area contributed by atoms with Gasteiger partial charge in [-0.3, -0.25) is 9.59 Å². The third kappa shape index (κ3) is 3.02. The van der Waals surface area contributed by atoms with Gasteiger partial charge in [0.15, 0.2) is 0 Å². The minimum absolute atomic E-state index is 0.00642. The Morgan fingerprint density at radius 3 is 2.58 bits per heavy atom. The first-order valence-corrected chi connectivity index (χ1v) is 8.11. The molecule has 0 radical (unpaired) electrons. The number of nitrogens with zero attached hydrogens (tertiary/aromatic N) is 2. The van der Waals surface area contributed by atoms with Gasteiger partial charge in [0.2, 0.25) is 5.91 Å². The van der Waals surface area contributed by atoms with E-state index in [1.165, 1.54) is 0 Å². The Kier molecular flexibility index (Phi) is 4.34. The molecule has 0 fully saturated rings. The molecule has 1 aliphatic heterocycles. The van der Waals surface area contributed by atoms with Gasteiger partial charge in [-0.15, -0.1) is 0 Å². The number of nitrogens with one attached hydrogen (secondary N) is 1. The molecule has 5 heteroatoms. The summed E-state index contributed by atoms with van der Waals surface area (Å²) >= 11 is 0. The molecule has 124 valence electrons. The van der Waals surface area contributed by atoms with Gasteiger partial charge < -0.3 is 10.2 Å². The van der Waals surface area contributed by atoms with Crippen LogP contribution in [0.2, 0.25) is 0 Å². The third-order valence-electron chi connectivity index (χ3n) is 4.22. The summed E-state index contributed by atoms with van der Waals surface area (Å²) in [6, 6.07) is 12.4. The van der Waals surface area contributed by atoms with E-state index in [0.29, 0.717) is 17.9 Å². The number of aromatic nitrogens is 1. The summed E-state index contributed by atoms with van der Waals surface area (Å²) < 4.78 is 0. The van der Waals surface area contributed by atoms with Crippen molar-refractivity contribution in [1.29, 1.82) is 0 Å². The molecule has 0 saturated heterocycles. The van der Waals surface area contributed by atoms with Crippen LogP contribution in [0.1, 0.15) is 35.5 Å². The van der Waals surface area contributed by atoms with Crippen LogP contribution in [0.5, 0.6) is 0 Å². The Hall–Kier alpha value is -2.69. The van der Waals surface area contributed by atoms with Crippen molar-refractivity contribution in [2.75, 3.05) is 5.32 Å². The van der Waals surface area contributed by atoms with Gasteiger partial charge in [-0.25, -0.2) is 4.98 Å². The van der Waals surface area contributed by atoms with E-state index in [9.17, 15) is 9.59 Å². The average Bonchev–Trinajstić information content (AvgIpc) is 2.84. The van der Waals surface area contributed by atoms with E-state index in [4.69, 9.17) is 0 Å². The molecule has 0 bridgehead atoms. The number of aryl methyl sites for hydroxylation is 1. The Bertz CT molecular complexity index is 786. The SMILES string of the molecule is Cc1cccc(NC(=O)[C@@H](C(C)C)N2Cc3ccccc3C2=O)n1. The average molecular weight is 323 g/mol. The zero-order valence-corrected chi connectivity index (χ0v) is 14.1. The van der Waals surface area contributed by atoms with Gasteiger partial charge >= 0.3 is 0 Å². The molecule has 1 aromatic carbocycles. The number of pyridine rings is 1. The lowest BCUT2D eigenvalue weighted by Crippen LogP contribution is -2.47.